The number of hydrogen-bond donors (Lipinski definition) is 2. The molecule has 0 aliphatic rings. The van der Waals surface area contributed by atoms with Crippen LogP contribution in [0, 0.1) is 5.82 Å². The lowest BCUT2D eigenvalue weighted by Gasteiger charge is -2.11. The van der Waals surface area contributed by atoms with Crippen molar-refractivity contribution in [3.8, 4) is 5.75 Å². The zero-order valence-electron chi connectivity index (χ0n) is 10.5. The van der Waals surface area contributed by atoms with Crippen molar-refractivity contribution in [3.63, 3.8) is 0 Å². The molecule has 0 fully saturated rings. The molecule has 106 valence electrons. The van der Waals surface area contributed by atoms with E-state index in [1.807, 2.05) is 0 Å². The third kappa shape index (κ3) is 2.80. The van der Waals surface area contributed by atoms with Crippen LogP contribution in [0.4, 0.5) is 15.8 Å². The maximum absolute atomic E-state index is 13.7. The molecule has 0 unspecified atom stereocenters. The van der Waals surface area contributed by atoms with Crippen LogP contribution in [0.5, 0.6) is 5.75 Å². The number of benzene rings is 1. The SMILES string of the molecule is COc1c(N)cc(S(=O)(=O)Nc2cccnc2)cc1F. The van der Waals surface area contributed by atoms with Crippen LogP contribution in [-0.4, -0.2) is 20.5 Å². The van der Waals surface area contributed by atoms with Crippen molar-refractivity contribution in [3.05, 3.63) is 42.5 Å². The zero-order chi connectivity index (χ0) is 14.8. The van der Waals surface area contributed by atoms with E-state index in [0.717, 1.165) is 12.1 Å². The second kappa shape index (κ2) is 5.33. The van der Waals surface area contributed by atoms with Crippen LogP contribution in [0.3, 0.4) is 0 Å². The summed E-state index contributed by atoms with van der Waals surface area (Å²) in [7, 11) is -2.70. The molecule has 0 aliphatic carbocycles. The van der Waals surface area contributed by atoms with Gasteiger partial charge in [0.1, 0.15) is 0 Å². The topological polar surface area (TPSA) is 94.3 Å². The first-order valence-electron chi connectivity index (χ1n) is 5.50. The maximum atomic E-state index is 13.7. The molecule has 0 bridgehead atoms. The summed E-state index contributed by atoms with van der Waals surface area (Å²) in [5, 5.41) is 0. The Morgan fingerprint density at radius 1 is 1.40 bits per heavy atom. The minimum atomic E-state index is -3.95. The Kier molecular flexibility index (Phi) is 3.75. The Morgan fingerprint density at radius 3 is 2.70 bits per heavy atom. The van der Waals surface area contributed by atoms with Crippen LogP contribution >= 0.6 is 0 Å². The average Bonchev–Trinajstić information content (AvgIpc) is 2.39. The van der Waals surface area contributed by atoms with Crippen LogP contribution in [0.15, 0.2) is 41.6 Å². The standard InChI is InChI=1S/C12H12FN3O3S/c1-19-12-10(13)5-9(6-11(12)14)20(17,18)16-8-3-2-4-15-7-8/h2-7,16H,14H2,1H3. The lowest BCUT2D eigenvalue weighted by Crippen LogP contribution is -2.14. The van der Waals surface area contributed by atoms with Gasteiger partial charge in [-0.25, -0.2) is 12.8 Å². The number of anilines is 2. The van der Waals surface area contributed by atoms with Gasteiger partial charge in [-0.15, -0.1) is 0 Å². The average molecular weight is 297 g/mol. The van der Waals surface area contributed by atoms with Gasteiger partial charge in [-0.2, -0.15) is 0 Å². The third-order valence-corrected chi connectivity index (χ3v) is 3.83. The van der Waals surface area contributed by atoms with Crippen molar-refractivity contribution in [2.75, 3.05) is 17.6 Å². The number of hydrogen-bond acceptors (Lipinski definition) is 5. The van der Waals surface area contributed by atoms with E-state index >= 15 is 0 Å². The number of nitrogen functional groups attached to an aromatic ring is 1. The van der Waals surface area contributed by atoms with Crippen LogP contribution in [-0.2, 0) is 10.0 Å². The van der Waals surface area contributed by atoms with Gasteiger partial charge < -0.3 is 10.5 Å². The number of nitrogens with one attached hydrogen (secondary N) is 1. The molecule has 0 spiro atoms. The minimum absolute atomic E-state index is 0.0981. The van der Waals surface area contributed by atoms with Crippen molar-refractivity contribution < 1.29 is 17.5 Å². The predicted molar refractivity (Wildman–Crippen MR) is 72.4 cm³/mol. The fourth-order valence-electron chi connectivity index (χ4n) is 1.60. The van der Waals surface area contributed by atoms with Crippen molar-refractivity contribution in [2.45, 2.75) is 4.90 Å². The van der Waals surface area contributed by atoms with Crippen molar-refractivity contribution in [1.82, 2.24) is 4.98 Å². The fourth-order valence-corrected chi connectivity index (χ4v) is 2.69. The fraction of sp³-hybridized carbons (Fsp3) is 0.0833. The van der Waals surface area contributed by atoms with E-state index in [2.05, 4.69) is 9.71 Å². The first kappa shape index (κ1) is 14.1. The number of methoxy groups -OCH3 is 1. The summed E-state index contributed by atoms with van der Waals surface area (Å²) < 4.78 is 44.9. The number of halogens is 1. The van der Waals surface area contributed by atoms with Gasteiger partial charge in [-0.3, -0.25) is 9.71 Å². The van der Waals surface area contributed by atoms with Gasteiger partial charge in [0.2, 0.25) is 0 Å². The lowest BCUT2D eigenvalue weighted by molar-refractivity contribution is 0.388. The molecule has 1 aromatic carbocycles. The normalized spacial score (nSPS) is 11.1. The molecule has 0 saturated carbocycles. The Bertz CT molecular complexity index is 697. The number of nitrogens with two attached hydrogens (primary N) is 1. The van der Waals surface area contributed by atoms with Gasteiger partial charge >= 0.3 is 0 Å². The largest absolute Gasteiger partial charge is 0.492 e. The van der Waals surface area contributed by atoms with Gasteiger partial charge in [0.25, 0.3) is 10.0 Å². The molecule has 3 N–H and O–H groups in total. The number of nitrogens with zero attached hydrogens (tertiary/aromatic N) is 1. The summed E-state index contributed by atoms with van der Waals surface area (Å²) in [6.07, 6.45) is 2.84. The number of ether oxygens (including phenoxy) is 1. The summed E-state index contributed by atoms with van der Waals surface area (Å²) in [6, 6.07) is 5.06. The number of aromatic nitrogens is 1. The number of pyridine rings is 1. The van der Waals surface area contributed by atoms with Crippen LogP contribution in [0.25, 0.3) is 0 Å². The molecule has 20 heavy (non-hydrogen) atoms. The number of sulfonamides is 1. The molecule has 0 radical (unpaired) electrons. The van der Waals surface area contributed by atoms with Gasteiger partial charge in [-0.1, -0.05) is 0 Å². The summed E-state index contributed by atoms with van der Waals surface area (Å²) in [5.41, 5.74) is 5.72. The molecule has 1 heterocycles. The van der Waals surface area contributed by atoms with E-state index in [-0.39, 0.29) is 22.0 Å². The van der Waals surface area contributed by atoms with E-state index in [1.54, 1.807) is 6.07 Å². The van der Waals surface area contributed by atoms with Gasteiger partial charge in [-0.05, 0) is 24.3 Å². The predicted octanol–water partition coefficient (Wildman–Crippen LogP) is 1.61. The summed E-state index contributed by atoms with van der Waals surface area (Å²) in [4.78, 5) is 3.48. The Hall–Kier alpha value is -2.35. The van der Waals surface area contributed by atoms with Gasteiger partial charge in [0.05, 0.1) is 29.6 Å². The molecule has 2 aromatic rings. The molecule has 0 atom stereocenters. The quantitative estimate of drug-likeness (QED) is 0.836. The maximum Gasteiger partial charge on any atom is 0.262 e. The minimum Gasteiger partial charge on any atom is -0.492 e. The van der Waals surface area contributed by atoms with Crippen molar-refractivity contribution in [2.24, 2.45) is 0 Å². The third-order valence-electron chi connectivity index (χ3n) is 2.47. The smallest absolute Gasteiger partial charge is 0.262 e. The Morgan fingerprint density at radius 2 is 2.15 bits per heavy atom. The van der Waals surface area contributed by atoms with Crippen molar-refractivity contribution >= 4 is 21.4 Å². The summed E-state index contributed by atoms with van der Waals surface area (Å²) in [6.45, 7) is 0. The first-order chi connectivity index (χ1) is 9.44. The highest BCUT2D eigenvalue weighted by atomic mass is 32.2. The molecule has 0 saturated heterocycles. The summed E-state index contributed by atoms with van der Waals surface area (Å²) in [5.74, 6) is -1.04. The van der Waals surface area contributed by atoms with Gasteiger partial charge in [0, 0.05) is 6.20 Å². The lowest BCUT2D eigenvalue weighted by atomic mass is 10.3. The van der Waals surface area contributed by atoms with Crippen LogP contribution < -0.4 is 15.2 Å². The summed E-state index contributed by atoms with van der Waals surface area (Å²) >= 11 is 0. The number of rotatable bonds is 4. The molecule has 8 heteroatoms. The van der Waals surface area contributed by atoms with Crippen LogP contribution in [0.2, 0.25) is 0 Å². The first-order valence-corrected chi connectivity index (χ1v) is 6.98. The monoisotopic (exact) mass is 297 g/mol. The highest BCUT2D eigenvalue weighted by Gasteiger charge is 2.19. The van der Waals surface area contributed by atoms with Crippen molar-refractivity contribution in [1.29, 1.82) is 0 Å². The molecular weight excluding hydrogens is 285 g/mol. The van der Waals surface area contributed by atoms with E-state index < -0.39 is 15.8 Å². The molecule has 1 aromatic heterocycles. The highest BCUT2D eigenvalue weighted by molar-refractivity contribution is 7.92. The molecule has 2 rings (SSSR count). The van der Waals surface area contributed by atoms with E-state index in [1.165, 1.54) is 25.6 Å². The highest BCUT2D eigenvalue weighted by Crippen LogP contribution is 2.29. The van der Waals surface area contributed by atoms with E-state index in [0.29, 0.717) is 0 Å². The molecular formula is C12H12FN3O3S. The van der Waals surface area contributed by atoms with E-state index in [4.69, 9.17) is 10.5 Å². The molecule has 6 nitrogen and oxygen atoms in total. The zero-order valence-corrected chi connectivity index (χ0v) is 11.3. The Labute approximate surface area is 115 Å². The second-order valence-electron chi connectivity index (χ2n) is 3.87. The second-order valence-corrected chi connectivity index (χ2v) is 5.56. The molecule has 0 aliphatic heterocycles. The van der Waals surface area contributed by atoms with E-state index in [9.17, 15) is 12.8 Å². The Balaban J connectivity index is 2.40. The van der Waals surface area contributed by atoms with Gasteiger partial charge in [0.15, 0.2) is 11.6 Å². The molecule has 0 amide bonds. The van der Waals surface area contributed by atoms with Crippen LogP contribution in [0.1, 0.15) is 0 Å².